The van der Waals surface area contributed by atoms with Gasteiger partial charge in [0.1, 0.15) is 0 Å². The number of hydrogen-bond acceptors (Lipinski definition) is 2. The Hall–Kier alpha value is -0.780. The molecule has 0 aliphatic heterocycles. The van der Waals surface area contributed by atoms with Gasteiger partial charge < -0.3 is 15.7 Å². The van der Waals surface area contributed by atoms with Gasteiger partial charge in [-0.05, 0) is 43.4 Å². The van der Waals surface area contributed by atoms with Gasteiger partial charge in [-0.25, -0.2) is 4.79 Å². The van der Waals surface area contributed by atoms with Crippen molar-refractivity contribution in [2.45, 2.75) is 25.3 Å². The monoisotopic (exact) mass is 346 g/mol. The number of carbonyl (C=O) groups is 1. The largest absolute Gasteiger partial charge is 0.396 e. The molecule has 0 radical (unpaired) electrons. The van der Waals surface area contributed by atoms with Crippen LogP contribution in [0.5, 0.6) is 0 Å². The summed E-state index contributed by atoms with van der Waals surface area (Å²) < 4.78 is 0.861. The van der Waals surface area contributed by atoms with E-state index >= 15 is 0 Å². The minimum absolute atomic E-state index is 0.0409. The number of nitrogens with one attached hydrogen (secondary N) is 2. The summed E-state index contributed by atoms with van der Waals surface area (Å²) in [5.41, 5.74) is 0.570. The van der Waals surface area contributed by atoms with Gasteiger partial charge in [0.25, 0.3) is 0 Å². The summed E-state index contributed by atoms with van der Waals surface area (Å²) in [5, 5.41) is 15.1. The van der Waals surface area contributed by atoms with Crippen LogP contribution >= 0.6 is 27.5 Å². The van der Waals surface area contributed by atoms with Crippen molar-refractivity contribution < 1.29 is 9.90 Å². The first-order valence-electron chi connectivity index (χ1n) is 6.23. The molecule has 2 amide bonds. The average Bonchev–Trinajstić information content (AvgIpc) is 3.16. The molecule has 1 atom stereocenters. The van der Waals surface area contributed by atoms with Crippen molar-refractivity contribution in [3.8, 4) is 0 Å². The highest BCUT2D eigenvalue weighted by Gasteiger charge is 2.31. The highest BCUT2D eigenvalue weighted by atomic mass is 79.9. The molecule has 1 saturated carbocycles. The Balaban J connectivity index is 1.92. The standard InChI is InChI=1S/C13H16BrClN2O2/c14-9-3-4-12(10(15)7-9)17-13(19)16-11(5-6-18)8-1-2-8/h3-4,7-8,11,18H,1-2,5-6H2,(H2,16,17,19). The lowest BCUT2D eigenvalue weighted by Gasteiger charge is -2.18. The third-order valence-corrected chi connectivity index (χ3v) is 3.93. The maximum absolute atomic E-state index is 11.9. The molecule has 1 aromatic rings. The predicted octanol–water partition coefficient (Wildman–Crippen LogP) is 3.39. The summed E-state index contributed by atoms with van der Waals surface area (Å²) in [6, 6.07) is 5.04. The Morgan fingerprint density at radius 3 is 2.84 bits per heavy atom. The van der Waals surface area contributed by atoms with Gasteiger partial charge in [0, 0.05) is 17.1 Å². The summed E-state index contributed by atoms with van der Waals surface area (Å²) in [6.45, 7) is 0.0838. The van der Waals surface area contributed by atoms with E-state index in [4.69, 9.17) is 16.7 Å². The predicted molar refractivity (Wildman–Crippen MR) is 79.5 cm³/mol. The van der Waals surface area contributed by atoms with Crippen LogP contribution in [-0.4, -0.2) is 23.8 Å². The Labute approximate surface area is 125 Å². The molecule has 3 N–H and O–H groups in total. The number of benzene rings is 1. The zero-order valence-corrected chi connectivity index (χ0v) is 12.7. The van der Waals surface area contributed by atoms with Crippen LogP contribution in [0.2, 0.25) is 5.02 Å². The summed E-state index contributed by atoms with van der Waals surface area (Å²) in [5.74, 6) is 0.498. The third-order valence-electron chi connectivity index (χ3n) is 3.13. The van der Waals surface area contributed by atoms with Crippen LogP contribution in [0.25, 0.3) is 0 Å². The molecule has 1 aromatic carbocycles. The van der Waals surface area contributed by atoms with E-state index in [0.29, 0.717) is 23.0 Å². The zero-order chi connectivity index (χ0) is 13.8. The number of halogens is 2. The van der Waals surface area contributed by atoms with Crippen molar-refractivity contribution >= 4 is 39.2 Å². The van der Waals surface area contributed by atoms with E-state index in [9.17, 15) is 4.79 Å². The van der Waals surface area contributed by atoms with E-state index in [0.717, 1.165) is 17.3 Å². The topological polar surface area (TPSA) is 61.4 Å². The van der Waals surface area contributed by atoms with Gasteiger partial charge in [-0.2, -0.15) is 0 Å². The van der Waals surface area contributed by atoms with Crippen LogP contribution in [-0.2, 0) is 0 Å². The molecule has 2 rings (SSSR count). The highest BCUT2D eigenvalue weighted by Crippen LogP contribution is 2.34. The van der Waals surface area contributed by atoms with E-state index in [-0.39, 0.29) is 18.7 Å². The number of amides is 2. The van der Waals surface area contributed by atoms with Crippen LogP contribution in [0, 0.1) is 5.92 Å². The van der Waals surface area contributed by atoms with Gasteiger partial charge in [-0.15, -0.1) is 0 Å². The lowest BCUT2D eigenvalue weighted by Crippen LogP contribution is -2.39. The van der Waals surface area contributed by atoms with Gasteiger partial charge >= 0.3 is 6.03 Å². The second-order valence-electron chi connectivity index (χ2n) is 4.68. The van der Waals surface area contributed by atoms with Crippen molar-refractivity contribution in [2.75, 3.05) is 11.9 Å². The fourth-order valence-corrected chi connectivity index (χ4v) is 2.70. The lowest BCUT2D eigenvalue weighted by atomic mass is 10.1. The minimum atomic E-state index is -0.283. The molecule has 0 heterocycles. The molecule has 6 heteroatoms. The molecule has 0 bridgehead atoms. The van der Waals surface area contributed by atoms with Crippen molar-refractivity contribution in [3.05, 3.63) is 27.7 Å². The van der Waals surface area contributed by atoms with Crippen molar-refractivity contribution in [2.24, 2.45) is 5.92 Å². The molecule has 4 nitrogen and oxygen atoms in total. The second-order valence-corrected chi connectivity index (χ2v) is 6.00. The first kappa shape index (κ1) is 14.6. The number of aliphatic hydroxyl groups excluding tert-OH is 1. The van der Waals surface area contributed by atoms with Gasteiger partial charge in [-0.1, -0.05) is 27.5 Å². The normalized spacial score (nSPS) is 15.9. The molecule has 104 valence electrons. The Morgan fingerprint density at radius 2 is 2.26 bits per heavy atom. The summed E-state index contributed by atoms with van der Waals surface area (Å²) in [6.07, 6.45) is 2.82. The smallest absolute Gasteiger partial charge is 0.319 e. The fourth-order valence-electron chi connectivity index (χ4n) is 1.98. The van der Waals surface area contributed by atoms with Gasteiger partial charge in [0.05, 0.1) is 10.7 Å². The molecular formula is C13H16BrClN2O2. The minimum Gasteiger partial charge on any atom is -0.396 e. The second kappa shape index (κ2) is 6.59. The first-order valence-corrected chi connectivity index (χ1v) is 7.40. The van der Waals surface area contributed by atoms with Gasteiger partial charge in [0.15, 0.2) is 0 Å². The number of anilines is 1. The highest BCUT2D eigenvalue weighted by molar-refractivity contribution is 9.10. The molecular weight excluding hydrogens is 332 g/mol. The Morgan fingerprint density at radius 1 is 1.53 bits per heavy atom. The van der Waals surface area contributed by atoms with Crippen molar-refractivity contribution in [1.29, 1.82) is 0 Å². The maximum atomic E-state index is 11.9. The van der Waals surface area contributed by atoms with Crippen molar-refractivity contribution in [3.63, 3.8) is 0 Å². The number of rotatable bonds is 5. The van der Waals surface area contributed by atoms with E-state index in [1.807, 2.05) is 6.07 Å². The van der Waals surface area contributed by atoms with Gasteiger partial charge in [0.2, 0.25) is 0 Å². The number of aliphatic hydroxyl groups is 1. The molecule has 1 aliphatic rings. The average molecular weight is 348 g/mol. The van der Waals surface area contributed by atoms with Crippen LogP contribution in [0.3, 0.4) is 0 Å². The Bertz CT molecular complexity index is 466. The molecule has 0 spiro atoms. The fraction of sp³-hybridized carbons (Fsp3) is 0.462. The molecule has 1 unspecified atom stereocenters. The zero-order valence-electron chi connectivity index (χ0n) is 10.3. The van der Waals surface area contributed by atoms with Gasteiger partial charge in [-0.3, -0.25) is 0 Å². The summed E-state index contributed by atoms with van der Waals surface area (Å²) >= 11 is 9.34. The van der Waals surface area contributed by atoms with Crippen LogP contribution in [0.1, 0.15) is 19.3 Å². The number of hydrogen-bond donors (Lipinski definition) is 3. The van der Waals surface area contributed by atoms with Crippen LogP contribution < -0.4 is 10.6 Å². The first-order chi connectivity index (χ1) is 9.10. The van der Waals surface area contributed by atoms with Crippen molar-refractivity contribution in [1.82, 2.24) is 5.32 Å². The van der Waals surface area contributed by atoms with E-state index in [2.05, 4.69) is 26.6 Å². The molecule has 0 saturated heterocycles. The quantitative estimate of drug-likeness (QED) is 0.764. The lowest BCUT2D eigenvalue weighted by molar-refractivity contribution is 0.234. The summed E-state index contributed by atoms with van der Waals surface area (Å²) in [7, 11) is 0. The number of urea groups is 1. The molecule has 0 aromatic heterocycles. The summed E-state index contributed by atoms with van der Waals surface area (Å²) in [4.78, 5) is 11.9. The van der Waals surface area contributed by atoms with E-state index in [1.54, 1.807) is 12.1 Å². The number of carbonyl (C=O) groups excluding carboxylic acids is 1. The van der Waals surface area contributed by atoms with E-state index in [1.165, 1.54) is 0 Å². The van der Waals surface area contributed by atoms with Crippen LogP contribution in [0.15, 0.2) is 22.7 Å². The molecule has 1 fully saturated rings. The third kappa shape index (κ3) is 4.37. The van der Waals surface area contributed by atoms with E-state index < -0.39 is 0 Å². The Kier molecular flexibility index (Phi) is 5.07. The van der Waals surface area contributed by atoms with Crippen LogP contribution in [0.4, 0.5) is 10.5 Å². The molecule has 1 aliphatic carbocycles. The maximum Gasteiger partial charge on any atom is 0.319 e. The molecule has 19 heavy (non-hydrogen) atoms. The SMILES string of the molecule is O=C(Nc1ccc(Br)cc1Cl)NC(CCO)C1CC1.